The molecular formula is C13H20N4O2. The van der Waals surface area contributed by atoms with Gasteiger partial charge in [0.05, 0.1) is 5.56 Å². The molecule has 1 heterocycles. The molecule has 3 N–H and O–H groups in total. The number of aromatic nitrogens is 1. The van der Waals surface area contributed by atoms with E-state index in [0.29, 0.717) is 18.7 Å². The maximum atomic E-state index is 12.3. The molecule has 6 nitrogen and oxygen atoms in total. The van der Waals surface area contributed by atoms with Gasteiger partial charge in [0, 0.05) is 31.4 Å². The summed E-state index contributed by atoms with van der Waals surface area (Å²) in [7, 11) is 0. The molecule has 0 bridgehead atoms. The van der Waals surface area contributed by atoms with E-state index in [2.05, 4.69) is 10.1 Å². The lowest BCUT2D eigenvalue weighted by Gasteiger charge is -2.24. The molecule has 0 aliphatic rings. The van der Waals surface area contributed by atoms with Crippen LogP contribution < -0.4 is 5.73 Å². The van der Waals surface area contributed by atoms with Gasteiger partial charge in [-0.15, -0.1) is 0 Å². The van der Waals surface area contributed by atoms with Gasteiger partial charge in [-0.2, -0.15) is 0 Å². The smallest absolute Gasteiger partial charge is 0.255 e. The van der Waals surface area contributed by atoms with E-state index in [1.165, 1.54) is 0 Å². The summed E-state index contributed by atoms with van der Waals surface area (Å²) in [5.41, 5.74) is 7.02. The van der Waals surface area contributed by atoms with Crippen molar-refractivity contribution in [3.8, 4) is 0 Å². The third-order valence-corrected chi connectivity index (χ3v) is 2.91. The zero-order chi connectivity index (χ0) is 14.4. The summed E-state index contributed by atoms with van der Waals surface area (Å²) in [5, 5.41) is 11.6. The Hall–Kier alpha value is -2.11. The summed E-state index contributed by atoms with van der Waals surface area (Å²) in [6, 6.07) is 1.80. The Morgan fingerprint density at radius 1 is 1.58 bits per heavy atom. The number of hydrogen-bond acceptors (Lipinski definition) is 4. The first kappa shape index (κ1) is 14.9. The number of aryl methyl sites for hydroxylation is 1. The molecule has 0 radical (unpaired) electrons. The van der Waals surface area contributed by atoms with E-state index in [9.17, 15) is 4.79 Å². The summed E-state index contributed by atoms with van der Waals surface area (Å²) in [6.45, 7) is 6.54. The van der Waals surface area contributed by atoms with Gasteiger partial charge in [0.15, 0.2) is 0 Å². The average Bonchev–Trinajstić information content (AvgIpc) is 2.42. The molecule has 1 unspecified atom stereocenters. The van der Waals surface area contributed by atoms with Gasteiger partial charge in [0.2, 0.25) is 0 Å². The summed E-state index contributed by atoms with van der Waals surface area (Å²) < 4.78 is 0. The molecular weight excluding hydrogens is 244 g/mol. The number of amidine groups is 1. The van der Waals surface area contributed by atoms with Gasteiger partial charge in [0.1, 0.15) is 5.84 Å². The van der Waals surface area contributed by atoms with Crippen LogP contribution in [0.1, 0.15) is 29.8 Å². The van der Waals surface area contributed by atoms with E-state index >= 15 is 0 Å². The van der Waals surface area contributed by atoms with Crippen molar-refractivity contribution < 1.29 is 10.0 Å². The summed E-state index contributed by atoms with van der Waals surface area (Å²) in [4.78, 5) is 18.0. The number of amides is 1. The number of nitrogens with two attached hydrogens (primary N) is 1. The maximum Gasteiger partial charge on any atom is 0.255 e. The highest BCUT2D eigenvalue weighted by Gasteiger charge is 2.19. The van der Waals surface area contributed by atoms with E-state index < -0.39 is 0 Å². The molecule has 0 aliphatic heterocycles. The van der Waals surface area contributed by atoms with Crippen LogP contribution in [0.3, 0.4) is 0 Å². The SMILES string of the molecule is CCN(CC(C)C(N)=NO)C(=O)c1cncc(C)c1. The molecule has 1 amide bonds. The molecule has 1 rings (SSSR count). The van der Waals surface area contributed by atoms with Crippen LogP contribution in [-0.4, -0.2) is 39.9 Å². The number of pyridine rings is 1. The zero-order valence-electron chi connectivity index (χ0n) is 11.5. The van der Waals surface area contributed by atoms with Crippen LogP contribution in [0, 0.1) is 12.8 Å². The second-order valence-electron chi connectivity index (χ2n) is 4.52. The van der Waals surface area contributed by atoms with E-state index in [0.717, 1.165) is 5.56 Å². The summed E-state index contributed by atoms with van der Waals surface area (Å²) in [6.07, 6.45) is 3.25. The minimum absolute atomic E-state index is 0.101. The Morgan fingerprint density at radius 2 is 2.26 bits per heavy atom. The standard InChI is InChI=1S/C13H20N4O2/c1-4-17(8-10(3)12(14)16-19)13(18)11-5-9(2)6-15-7-11/h5-7,10,19H,4,8H2,1-3H3,(H2,14,16). The van der Waals surface area contributed by atoms with Crippen molar-refractivity contribution in [3.05, 3.63) is 29.6 Å². The number of hydrogen-bond donors (Lipinski definition) is 2. The summed E-state index contributed by atoms with van der Waals surface area (Å²) in [5.74, 6) is -0.184. The lowest BCUT2D eigenvalue weighted by atomic mass is 10.1. The van der Waals surface area contributed by atoms with E-state index in [-0.39, 0.29) is 17.7 Å². The molecule has 19 heavy (non-hydrogen) atoms. The third kappa shape index (κ3) is 3.94. The first-order valence-corrected chi connectivity index (χ1v) is 6.17. The van der Waals surface area contributed by atoms with Gasteiger partial charge in [-0.1, -0.05) is 12.1 Å². The van der Waals surface area contributed by atoms with Crippen molar-refractivity contribution in [2.75, 3.05) is 13.1 Å². The number of nitrogens with zero attached hydrogens (tertiary/aromatic N) is 3. The lowest BCUT2D eigenvalue weighted by molar-refractivity contribution is 0.0753. The van der Waals surface area contributed by atoms with Crippen LogP contribution in [0.2, 0.25) is 0 Å². The van der Waals surface area contributed by atoms with Crippen LogP contribution >= 0.6 is 0 Å². The van der Waals surface area contributed by atoms with Gasteiger partial charge in [0.25, 0.3) is 5.91 Å². The first-order chi connectivity index (χ1) is 8.99. The van der Waals surface area contributed by atoms with Crippen LogP contribution in [0.5, 0.6) is 0 Å². The van der Waals surface area contributed by atoms with Gasteiger partial charge in [-0.25, -0.2) is 0 Å². The Balaban J connectivity index is 2.83. The fraction of sp³-hybridized carbons (Fsp3) is 0.462. The number of carbonyl (C=O) groups is 1. The quantitative estimate of drug-likeness (QED) is 0.362. The molecule has 0 saturated heterocycles. The number of carbonyl (C=O) groups excluding carboxylic acids is 1. The topological polar surface area (TPSA) is 91.8 Å². The largest absolute Gasteiger partial charge is 0.409 e. The number of rotatable bonds is 5. The Kier molecular flexibility index (Phi) is 5.29. The highest BCUT2D eigenvalue weighted by Crippen LogP contribution is 2.08. The van der Waals surface area contributed by atoms with E-state index in [4.69, 9.17) is 10.9 Å². The van der Waals surface area contributed by atoms with Crippen molar-refractivity contribution >= 4 is 11.7 Å². The molecule has 0 aliphatic carbocycles. The fourth-order valence-corrected chi connectivity index (χ4v) is 1.73. The van der Waals surface area contributed by atoms with Gasteiger partial charge >= 0.3 is 0 Å². The first-order valence-electron chi connectivity index (χ1n) is 6.17. The maximum absolute atomic E-state index is 12.3. The van der Waals surface area contributed by atoms with E-state index in [1.54, 1.807) is 30.3 Å². The molecule has 1 aromatic heterocycles. The predicted molar refractivity (Wildman–Crippen MR) is 73.1 cm³/mol. The fourth-order valence-electron chi connectivity index (χ4n) is 1.73. The van der Waals surface area contributed by atoms with Crippen molar-refractivity contribution in [1.82, 2.24) is 9.88 Å². The Labute approximate surface area is 112 Å². The summed E-state index contributed by atoms with van der Waals surface area (Å²) >= 11 is 0. The van der Waals surface area contributed by atoms with E-state index in [1.807, 2.05) is 13.8 Å². The van der Waals surface area contributed by atoms with Gasteiger partial charge in [-0.05, 0) is 25.5 Å². The molecule has 1 atom stereocenters. The second kappa shape index (κ2) is 6.72. The van der Waals surface area contributed by atoms with Crippen molar-refractivity contribution in [2.45, 2.75) is 20.8 Å². The third-order valence-electron chi connectivity index (χ3n) is 2.91. The van der Waals surface area contributed by atoms with Crippen molar-refractivity contribution in [2.24, 2.45) is 16.8 Å². The van der Waals surface area contributed by atoms with Crippen molar-refractivity contribution in [1.29, 1.82) is 0 Å². The monoisotopic (exact) mass is 264 g/mol. The minimum Gasteiger partial charge on any atom is -0.409 e. The predicted octanol–water partition coefficient (Wildman–Crippen LogP) is 1.23. The Bertz CT molecular complexity index is 473. The number of oxime groups is 1. The van der Waals surface area contributed by atoms with Crippen LogP contribution in [0.4, 0.5) is 0 Å². The molecule has 6 heteroatoms. The average molecular weight is 264 g/mol. The van der Waals surface area contributed by atoms with Gasteiger partial charge < -0.3 is 15.8 Å². The van der Waals surface area contributed by atoms with Crippen LogP contribution in [-0.2, 0) is 0 Å². The molecule has 0 spiro atoms. The zero-order valence-corrected chi connectivity index (χ0v) is 11.5. The minimum atomic E-state index is -0.202. The second-order valence-corrected chi connectivity index (χ2v) is 4.52. The van der Waals surface area contributed by atoms with Crippen LogP contribution in [0.25, 0.3) is 0 Å². The highest BCUT2D eigenvalue weighted by atomic mass is 16.4. The molecule has 1 aromatic rings. The highest BCUT2D eigenvalue weighted by molar-refractivity contribution is 5.94. The van der Waals surface area contributed by atoms with Crippen LogP contribution in [0.15, 0.2) is 23.6 Å². The normalized spacial score (nSPS) is 13.1. The Morgan fingerprint density at radius 3 is 2.79 bits per heavy atom. The molecule has 0 saturated carbocycles. The lowest BCUT2D eigenvalue weighted by Crippen LogP contribution is -2.38. The van der Waals surface area contributed by atoms with Gasteiger partial charge in [-0.3, -0.25) is 9.78 Å². The molecule has 0 fully saturated rings. The molecule has 104 valence electrons. The van der Waals surface area contributed by atoms with Crippen molar-refractivity contribution in [3.63, 3.8) is 0 Å². The molecule has 0 aromatic carbocycles.